The van der Waals surface area contributed by atoms with Crippen molar-refractivity contribution in [3.8, 4) is 0 Å². The van der Waals surface area contributed by atoms with Crippen LogP contribution in [0.15, 0.2) is 71.6 Å². The molecule has 0 bridgehead atoms. The molecule has 31 heavy (non-hydrogen) atoms. The normalized spacial score (nSPS) is 15.5. The molecule has 1 atom stereocenters. The van der Waals surface area contributed by atoms with Gasteiger partial charge >= 0.3 is 0 Å². The van der Waals surface area contributed by atoms with Gasteiger partial charge in [0.05, 0.1) is 27.9 Å². The summed E-state index contributed by atoms with van der Waals surface area (Å²) in [5.74, 6) is -1.12. The molecule has 0 saturated heterocycles. The predicted molar refractivity (Wildman–Crippen MR) is 118 cm³/mol. The summed E-state index contributed by atoms with van der Waals surface area (Å²) >= 11 is 5.88. The zero-order valence-corrected chi connectivity index (χ0v) is 17.9. The summed E-state index contributed by atoms with van der Waals surface area (Å²) < 4.78 is 25.7. The number of rotatable bonds is 5. The fourth-order valence-electron chi connectivity index (χ4n) is 3.30. The second-order valence-corrected chi connectivity index (χ2v) is 8.94. The molecular weight excluding hydrogens is 439 g/mol. The van der Waals surface area contributed by atoms with E-state index < -0.39 is 10.8 Å². The fourth-order valence-corrected chi connectivity index (χ4v) is 4.58. The average molecular weight is 457 g/mol. The van der Waals surface area contributed by atoms with Gasteiger partial charge in [0.2, 0.25) is 5.91 Å². The van der Waals surface area contributed by atoms with Crippen LogP contribution < -0.4 is 10.2 Å². The largest absolute Gasteiger partial charge is 0.348 e. The molecule has 0 fully saturated rings. The Kier molecular flexibility index (Phi) is 6.15. The van der Waals surface area contributed by atoms with Crippen LogP contribution in [-0.4, -0.2) is 21.8 Å². The number of carbonyl (C=O) groups is 2. The molecule has 0 saturated carbocycles. The predicted octanol–water partition coefficient (Wildman–Crippen LogP) is 4.06. The number of amides is 2. The average Bonchev–Trinajstić information content (AvgIpc) is 2.77. The van der Waals surface area contributed by atoms with Gasteiger partial charge in [0, 0.05) is 17.1 Å². The first-order valence-electron chi connectivity index (χ1n) is 9.50. The maximum absolute atomic E-state index is 13.2. The van der Waals surface area contributed by atoms with Crippen LogP contribution >= 0.6 is 11.6 Å². The molecule has 4 rings (SSSR count). The Morgan fingerprint density at radius 1 is 1.03 bits per heavy atom. The molecule has 1 heterocycles. The summed E-state index contributed by atoms with van der Waals surface area (Å²) in [6, 6.07) is 17.8. The van der Waals surface area contributed by atoms with Crippen molar-refractivity contribution < 1.29 is 18.2 Å². The van der Waals surface area contributed by atoms with Crippen LogP contribution in [0, 0.1) is 5.82 Å². The summed E-state index contributed by atoms with van der Waals surface area (Å²) in [5.41, 5.74) is 2.40. The SMILES string of the molecule is O=C(NCc1ccc(Cl)cc1)c1ccc2c(c1)N(Cc1ccc(F)cc1)C(=O)C[S@@]2=O. The third-order valence-corrected chi connectivity index (χ3v) is 6.53. The van der Waals surface area contributed by atoms with Crippen LogP contribution in [0.4, 0.5) is 10.1 Å². The highest BCUT2D eigenvalue weighted by molar-refractivity contribution is 7.86. The molecule has 0 unspecified atom stereocenters. The van der Waals surface area contributed by atoms with Crippen molar-refractivity contribution in [1.82, 2.24) is 5.32 Å². The molecule has 0 spiro atoms. The number of hydrogen-bond acceptors (Lipinski definition) is 3. The lowest BCUT2D eigenvalue weighted by Crippen LogP contribution is -2.38. The molecule has 158 valence electrons. The number of benzene rings is 3. The van der Waals surface area contributed by atoms with Crippen molar-refractivity contribution in [2.75, 3.05) is 10.7 Å². The van der Waals surface area contributed by atoms with Crippen LogP contribution in [0.2, 0.25) is 5.02 Å². The zero-order valence-electron chi connectivity index (χ0n) is 16.3. The van der Waals surface area contributed by atoms with E-state index in [0.29, 0.717) is 27.7 Å². The van der Waals surface area contributed by atoms with E-state index in [2.05, 4.69) is 5.32 Å². The van der Waals surface area contributed by atoms with Gasteiger partial charge in [-0.25, -0.2) is 4.39 Å². The molecular formula is C23H18ClFN2O3S. The van der Waals surface area contributed by atoms with E-state index in [1.807, 2.05) is 12.1 Å². The van der Waals surface area contributed by atoms with E-state index in [9.17, 15) is 18.2 Å². The molecule has 0 aromatic heterocycles. The minimum atomic E-state index is -1.48. The van der Waals surface area contributed by atoms with Crippen LogP contribution in [0.5, 0.6) is 0 Å². The first kappa shape index (κ1) is 21.2. The van der Waals surface area contributed by atoms with E-state index >= 15 is 0 Å². The van der Waals surface area contributed by atoms with Crippen molar-refractivity contribution >= 4 is 39.9 Å². The molecule has 3 aromatic carbocycles. The topological polar surface area (TPSA) is 66.5 Å². The summed E-state index contributed by atoms with van der Waals surface area (Å²) in [6.45, 7) is 0.510. The van der Waals surface area contributed by atoms with Crippen molar-refractivity contribution in [3.05, 3.63) is 94.3 Å². The van der Waals surface area contributed by atoms with Crippen molar-refractivity contribution in [1.29, 1.82) is 0 Å². The Hall–Kier alpha value is -3.03. The standard InChI is InChI=1S/C23H18ClFN2O3S/c24-18-6-1-15(2-7-18)12-26-23(29)17-5-10-21-20(11-17)27(22(28)14-31(21)30)13-16-3-8-19(25)9-4-16/h1-11H,12-14H2,(H,26,29)/t31-/m0/s1. The summed E-state index contributed by atoms with van der Waals surface area (Å²) in [4.78, 5) is 27.3. The second kappa shape index (κ2) is 8.99. The van der Waals surface area contributed by atoms with Gasteiger partial charge < -0.3 is 10.2 Å². The van der Waals surface area contributed by atoms with E-state index in [-0.39, 0.29) is 29.9 Å². The van der Waals surface area contributed by atoms with Gasteiger partial charge in [-0.15, -0.1) is 0 Å². The number of halogens is 2. The number of carbonyl (C=O) groups excluding carboxylic acids is 2. The maximum Gasteiger partial charge on any atom is 0.251 e. The van der Waals surface area contributed by atoms with Gasteiger partial charge in [-0.3, -0.25) is 13.8 Å². The Balaban J connectivity index is 1.57. The molecule has 1 aliphatic rings. The van der Waals surface area contributed by atoms with Crippen LogP contribution in [0.3, 0.4) is 0 Å². The summed E-state index contributed by atoms with van der Waals surface area (Å²) in [5, 5.41) is 3.45. The van der Waals surface area contributed by atoms with Gasteiger partial charge in [-0.05, 0) is 53.6 Å². The Bertz CT molecular complexity index is 1170. The zero-order chi connectivity index (χ0) is 22.0. The minimum Gasteiger partial charge on any atom is -0.348 e. The molecule has 5 nitrogen and oxygen atoms in total. The molecule has 0 radical (unpaired) electrons. The van der Waals surface area contributed by atoms with Crippen LogP contribution in [-0.2, 0) is 28.7 Å². The third-order valence-electron chi connectivity index (χ3n) is 4.93. The second-order valence-electron chi connectivity index (χ2n) is 7.09. The molecule has 3 aromatic rings. The van der Waals surface area contributed by atoms with Crippen LogP contribution in [0.1, 0.15) is 21.5 Å². The lowest BCUT2D eigenvalue weighted by molar-refractivity contribution is -0.116. The number of nitrogens with zero attached hydrogens (tertiary/aromatic N) is 1. The highest BCUT2D eigenvalue weighted by Gasteiger charge is 2.30. The van der Waals surface area contributed by atoms with E-state index in [1.165, 1.54) is 17.0 Å². The summed E-state index contributed by atoms with van der Waals surface area (Å²) in [6.07, 6.45) is 0. The molecule has 8 heteroatoms. The lowest BCUT2D eigenvalue weighted by atomic mass is 10.1. The van der Waals surface area contributed by atoms with Crippen LogP contribution in [0.25, 0.3) is 0 Å². The first-order chi connectivity index (χ1) is 14.9. The lowest BCUT2D eigenvalue weighted by Gasteiger charge is -2.29. The summed E-state index contributed by atoms with van der Waals surface area (Å²) in [7, 11) is -1.48. The minimum absolute atomic E-state index is 0.129. The van der Waals surface area contributed by atoms with Crippen molar-refractivity contribution in [2.45, 2.75) is 18.0 Å². The quantitative estimate of drug-likeness (QED) is 0.629. The van der Waals surface area contributed by atoms with E-state index in [1.54, 1.807) is 42.5 Å². The Morgan fingerprint density at radius 2 is 1.71 bits per heavy atom. The monoisotopic (exact) mass is 456 g/mol. The van der Waals surface area contributed by atoms with Gasteiger partial charge in [0.1, 0.15) is 11.6 Å². The maximum atomic E-state index is 13.2. The van der Waals surface area contributed by atoms with Gasteiger partial charge in [-0.2, -0.15) is 0 Å². The molecule has 1 aliphatic heterocycles. The number of hydrogen-bond donors (Lipinski definition) is 1. The van der Waals surface area contributed by atoms with Crippen molar-refractivity contribution in [2.24, 2.45) is 0 Å². The highest BCUT2D eigenvalue weighted by atomic mass is 35.5. The first-order valence-corrected chi connectivity index (χ1v) is 11.2. The van der Waals surface area contributed by atoms with E-state index in [4.69, 9.17) is 11.6 Å². The third kappa shape index (κ3) is 4.84. The van der Waals surface area contributed by atoms with Gasteiger partial charge in [-0.1, -0.05) is 35.9 Å². The number of fused-ring (bicyclic) bond motifs is 1. The number of nitrogens with one attached hydrogen (secondary N) is 1. The van der Waals surface area contributed by atoms with Gasteiger partial charge in [0.15, 0.2) is 0 Å². The fraction of sp³-hybridized carbons (Fsp3) is 0.130. The molecule has 2 amide bonds. The van der Waals surface area contributed by atoms with Gasteiger partial charge in [0.25, 0.3) is 5.91 Å². The Labute approximate surface area is 186 Å². The molecule has 0 aliphatic carbocycles. The molecule has 1 N–H and O–H groups in total. The van der Waals surface area contributed by atoms with Crippen molar-refractivity contribution in [3.63, 3.8) is 0 Å². The number of anilines is 1. The highest BCUT2D eigenvalue weighted by Crippen LogP contribution is 2.31. The Morgan fingerprint density at radius 3 is 2.42 bits per heavy atom. The smallest absolute Gasteiger partial charge is 0.251 e. The van der Waals surface area contributed by atoms with E-state index in [0.717, 1.165) is 11.1 Å².